The monoisotopic (exact) mass is 442 g/mol. The van der Waals surface area contributed by atoms with E-state index in [0.717, 1.165) is 0 Å². The minimum absolute atomic E-state index is 0. The van der Waals surface area contributed by atoms with Crippen LogP contribution >= 0.6 is 0 Å². The van der Waals surface area contributed by atoms with Crippen molar-refractivity contribution < 1.29 is 190 Å². The molecule has 14 nitrogen and oxygen atoms in total. The molecule has 0 aliphatic carbocycles. The van der Waals surface area contributed by atoms with Gasteiger partial charge in [-0.3, -0.25) is 16.8 Å². The van der Waals surface area contributed by atoms with E-state index in [1.807, 2.05) is 0 Å². The topological polar surface area (TPSA) is 350 Å². The number of hydrogen-bond acceptors (Lipinski definition) is 8. The predicted molar refractivity (Wildman–Crippen MR) is 42.6 cm³/mol. The molecule has 0 unspecified atom stereocenters. The molecule has 0 saturated heterocycles. The Labute approximate surface area is 206 Å². The van der Waals surface area contributed by atoms with Crippen molar-refractivity contribution in [3.8, 4) is 0 Å². The Bertz CT molecular complexity index is 220. The van der Waals surface area contributed by atoms with Crippen LogP contribution in [0.25, 0.3) is 0 Å². The summed E-state index contributed by atoms with van der Waals surface area (Å²) in [4.78, 5) is 0. The molecule has 0 rings (SSSR count). The zero-order valence-corrected chi connectivity index (χ0v) is 20.6. The van der Waals surface area contributed by atoms with Crippen molar-refractivity contribution in [2.24, 2.45) is 0 Å². The van der Waals surface area contributed by atoms with Crippen molar-refractivity contribution in [3.05, 3.63) is 0 Å². The van der Waals surface area contributed by atoms with Gasteiger partial charge in [-0.05, 0) is 0 Å². The van der Waals surface area contributed by atoms with E-state index in [4.69, 9.17) is 35.0 Å². The standard InChI is InChI=1S/2K.2H2O4S.6H2O.Zn/c;;2*1-5(2,3)4;;;;;;;/h;;2*(H2,1,2,3,4);6*1H2;/q2*+1;;;;;;;;;+2/p-4. The molecule has 12 N–H and O–H groups in total. The first-order chi connectivity index (χ1) is 4.00. The molecule has 0 bridgehead atoms. The van der Waals surface area contributed by atoms with Gasteiger partial charge < -0.3 is 51.1 Å². The van der Waals surface area contributed by atoms with Gasteiger partial charge in [0.25, 0.3) is 0 Å². The molecule has 0 fully saturated rings. The molecule has 0 aliphatic rings. The quantitative estimate of drug-likeness (QED) is 0.196. The van der Waals surface area contributed by atoms with Crippen molar-refractivity contribution in [1.82, 2.24) is 0 Å². The molecule has 0 atom stereocenters. The van der Waals surface area contributed by atoms with E-state index in [0.29, 0.717) is 0 Å². The average molecular weight is 444 g/mol. The van der Waals surface area contributed by atoms with Gasteiger partial charge in [0.05, 0.1) is 0 Å². The molecule has 112 valence electrons. The third-order valence-corrected chi connectivity index (χ3v) is 0. The summed E-state index contributed by atoms with van der Waals surface area (Å²) in [7, 11) is -10.3. The Kier molecular flexibility index (Phi) is 156. The van der Waals surface area contributed by atoms with Gasteiger partial charge in [-0.1, -0.05) is 0 Å². The van der Waals surface area contributed by atoms with E-state index in [1.165, 1.54) is 0 Å². The first-order valence-corrected chi connectivity index (χ1v) is 4.00. The third-order valence-electron chi connectivity index (χ3n) is 0. The van der Waals surface area contributed by atoms with Crippen molar-refractivity contribution >= 4 is 20.8 Å². The Balaban J connectivity index is -0.00000000508. The molecule has 0 heterocycles. The van der Waals surface area contributed by atoms with Crippen LogP contribution in [0.2, 0.25) is 0 Å². The number of hydrogen-bond donors (Lipinski definition) is 0. The zero-order valence-electron chi connectivity index (χ0n) is 9.79. The van der Waals surface area contributed by atoms with Crippen molar-refractivity contribution in [1.29, 1.82) is 0 Å². The summed E-state index contributed by atoms with van der Waals surface area (Å²) in [5, 5.41) is 0. The van der Waals surface area contributed by atoms with E-state index < -0.39 is 20.8 Å². The summed E-state index contributed by atoms with van der Waals surface area (Å²) in [5.41, 5.74) is 0. The second-order valence-electron chi connectivity index (χ2n) is 0.816. The van der Waals surface area contributed by atoms with Gasteiger partial charge >= 0.3 is 122 Å². The molecule has 0 aromatic carbocycles. The fourth-order valence-corrected chi connectivity index (χ4v) is 0. The molecule has 0 aliphatic heterocycles. The van der Waals surface area contributed by atoms with Crippen molar-refractivity contribution in [3.63, 3.8) is 0 Å². The summed E-state index contributed by atoms with van der Waals surface area (Å²) in [6, 6.07) is 0. The average Bonchev–Trinajstić information content (AvgIpc) is 1.12. The van der Waals surface area contributed by atoms with Crippen LogP contribution in [0.5, 0.6) is 0 Å². The van der Waals surface area contributed by atoms with Crippen LogP contribution in [0.1, 0.15) is 0 Å². The molecule has 0 radical (unpaired) electrons. The SMILES string of the molecule is O.O.O.O.O.O.O=S(=O)([O-])[O-].O=S(=O)([O-])[O-].[K+].[K+].[Zn+2]. The normalized spacial score (nSPS) is 6.11. The second kappa shape index (κ2) is 37.5. The summed E-state index contributed by atoms with van der Waals surface area (Å²) >= 11 is 0. The van der Waals surface area contributed by atoms with Gasteiger partial charge in [-0.15, -0.1) is 0 Å². The predicted octanol–water partition coefficient (Wildman–Crippen LogP) is -13.6. The van der Waals surface area contributed by atoms with Gasteiger partial charge in [-0.25, -0.2) is 0 Å². The Morgan fingerprint density at radius 3 is 0.474 bits per heavy atom. The van der Waals surface area contributed by atoms with Crippen LogP contribution in [-0.4, -0.2) is 67.9 Å². The fourth-order valence-electron chi connectivity index (χ4n) is 0. The molecule has 0 amide bonds. The van der Waals surface area contributed by atoms with Crippen LogP contribution < -0.4 is 103 Å². The molecule has 0 spiro atoms. The molecule has 0 aromatic rings. The van der Waals surface area contributed by atoms with Gasteiger partial charge in [0, 0.05) is 20.8 Å². The minimum Gasteiger partial charge on any atom is -0.759 e. The summed E-state index contributed by atoms with van der Waals surface area (Å²) in [5.74, 6) is 0. The molecule has 0 aromatic heterocycles. The van der Waals surface area contributed by atoms with E-state index in [2.05, 4.69) is 0 Å². The second-order valence-corrected chi connectivity index (χ2v) is 2.45. The smallest absolute Gasteiger partial charge is 0.759 e. The van der Waals surface area contributed by atoms with E-state index >= 15 is 0 Å². The summed E-state index contributed by atoms with van der Waals surface area (Å²) in [6.07, 6.45) is 0. The van der Waals surface area contributed by atoms with Gasteiger partial charge in [0.15, 0.2) is 0 Å². The molecule has 19 heavy (non-hydrogen) atoms. The van der Waals surface area contributed by atoms with Crippen LogP contribution in [0, 0.1) is 0 Å². The Morgan fingerprint density at radius 2 is 0.474 bits per heavy atom. The fraction of sp³-hybridized carbons (Fsp3) is 0. The van der Waals surface area contributed by atoms with E-state index in [-0.39, 0.29) is 155 Å². The summed E-state index contributed by atoms with van der Waals surface area (Å²) < 4.78 is 68.2. The maximum atomic E-state index is 8.52. The van der Waals surface area contributed by atoms with Gasteiger partial charge in [-0.2, -0.15) is 0 Å². The van der Waals surface area contributed by atoms with Crippen LogP contribution in [-0.2, 0) is 40.3 Å². The molecule has 19 heteroatoms. The minimum atomic E-state index is -5.17. The van der Waals surface area contributed by atoms with Crippen molar-refractivity contribution in [2.75, 3.05) is 0 Å². The maximum absolute atomic E-state index is 8.52. The first-order valence-electron chi connectivity index (χ1n) is 1.33. The van der Waals surface area contributed by atoms with Crippen molar-refractivity contribution in [2.45, 2.75) is 0 Å². The van der Waals surface area contributed by atoms with E-state index in [1.54, 1.807) is 0 Å². The molecule has 0 saturated carbocycles. The summed E-state index contributed by atoms with van der Waals surface area (Å²) in [6.45, 7) is 0. The Morgan fingerprint density at radius 1 is 0.474 bits per heavy atom. The van der Waals surface area contributed by atoms with E-state index in [9.17, 15) is 0 Å². The molecular formula is H12K2O14S2Zn. The van der Waals surface area contributed by atoms with Gasteiger partial charge in [0.2, 0.25) is 0 Å². The zero-order chi connectivity index (χ0) is 9.00. The Hall–Kier alpha value is 3.40. The molecular weight excluding hydrogens is 432 g/mol. The van der Waals surface area contributed by atoms with Crippen LogP contribution in [0.3, 0.4) is 0 Å². The first kappa shape index (κ1) is 78.9. The maximum Gasteiger partial charge on any atom is 2.00 e. The number of rotatable bonds is 0. The van der Waals surface area contributed by atoms with Gasteiger partial charge in [0.1, 0.15) is 0 Å². The largest absolute Gasteiger partial charge is 2.00 e. The third kappa shape index (κ3) is 698. The van der Waals surface area contributed by atoms with Crippen LogP contribution in [0.4, 0.5) is 0 Å². The van der Waals surface area contributed by atoms with Crippen LogP contribution in [0.15, 0.2) is 0 Å².